The minimum atomic E-state index is -0.386. The zero-order valence-corrected chi connectivity index (χ0v) is 16.7. The van der Waals surface area contributed by atoms with E-state index >= 15 is 0 Å². The van der Waals surface area contributed by atoms with Gasteiger partial charge in [0.25, 0.3) is 0 Å². The Balaban J connectivity index is 1.79. The van der Waals surface area contributed by atoms with Gasteiger partial charge in [0.15, 0.2) is 5.78 Å². The van der Waals surface area contributed by atoms with E-state index in [9.17, 15) is 9.59 Å². The quantitative estimate of drug-likeness (QED) is 0.666. The van der Waals surface area contributed by atoms with Crippen molar-refractivity contribution in [3.05, 3.63) is 76.5 Å². The summed E-state index contributed by atoms with van der Waals surface area (Å²) < 4.78 is 5.94. The Kier molecular flexibility index (Phi) is 4.92. The smallest absolute Gasteiger partial charge is 0.343 e. The average molecular weight is 374 g/mol. The van der Waals surface area contributed by atoms with Crippen molar-refractivity contribution in [2.24, 2.45) is 17.8 Å². The molecule has 0 saturated heterocycles. The molecule has 2 aliphatic carbocycles. The largest absolute Gasteiger partial charge is 0.426 e. The third kappa shape index (κ3) is 3.19. The normalized spacial score (nSPS) is 24.2. The molecule has 3 unspecified atom stereocenters. The lowest BCUT2D eigenvalue weighted by atomic mass is 9.73. The molecule has 0 spiro atoms. The van der Waals surface area contributed by atoms with Crippen molar-refractivity contribution in [1.82, 2.24) is 0 Å². The summed E-state index contributed by atoms with van der Waals surface area (Å²) in [5.74, 6) is 0.559. The summed E-state index contributed by atoms with van der Waals surface area (Å²) in [5.41, 5.74) is 4.30. The van der Waals surface area contributed by atoms with E-state index in [2.05, 4.69) is 13.8 Å². The van der Waals surface area contributed by atoms with Gasteiger partial charge in [-0.3, -0.25) is 4.79 Å². The van der Waals surface area contributed by atoms with Crippen molar-refractivity contribution in [3.63, 3.8) is 0 Å². The molecule has 3 nitrogen and oxygen atoms in total. The van der Waals surface area contributed by atoms with Crippen LogP contribution in [0.3, 0.4) is 0 Å². The number of benzene rings is 2. The van der Waals surface area contributed by atoms with Gasteiger partial charge in [0.05, 0.1) is 11.1 Å². The molecule has 0 amide bonds. The van der Waals surface area contributed by atoms with Gasteiger partial charge in [-0.2, -0.15) is 0 Å². The van der Waals surface area contributed by atoms with E-state index in [1.807, 2.05) is 43.3 Å². The number of ketones is 1. The van der Waals surface area contributed by atoms with Crippen LogP contribution in [-0.2, 0) is 9.53 Å². The number of hydrogen-bond donors (Lipinski definition) is 0. The van der Waals surface area contributed by atoms with E-state index in [1.165, 1.54) is 5.56 Å². The van der Waals surface area contributed by atoms with Crippen LogP contribution < -0.4 is 0 Å². The molecule has 0 bridgehead atoms. The molecular formula is C25H26O3. The molecule has 0 N–H and O–H groups in total. The monoisotopic (exact) mass is 374 g/mol. The lowest BCUT2D eigenvalue weighted by molar-refractivity contribution is -0.120. The first kappa shape index (κ1) is 18.7. The van der Waals surface area contributed by atoms with Crippen molar-refractivity contribution >= 4 is 17.3 Å². The molecule has 3 heteroatoms. The molecule has 28 heavy (non-hydrogen) atoms. The highest BCUT2D eigenvalue weighted by Crippen LogP contribution is 2.49. The predicted octanol–water partition coefficient (Wildman–Crippen LogP) is 5.51. The maximum atomic E-state index is 13.4. The fraction of sp³-hybridized carbons (Fsp3) is 0.360. The van der Waals surface area contributed by atoms with Gasteiger partial charge in [-0.15, -0.1) is 0 Å². The van der Waals surface area contributed by atoms with Gasteiger partial charge in [0.1, 0.15) is 5.76 Å². The predicted molar refractivity (Wildman–Crippen MR) is 110 cm³/mol. The van der Waals surface area contributed by atoms with Gasteiger partial charge in [-0.25, -0.2) is 4.79 Å². The standard InChI is InChI=1S/C25H26O3/c1-15-12-13-19(14-17(15)3)22-23(26)21-16(2)8-7-11-20(21)24(22)28-25(27)18-9-5-4-6-10-18/h4-6,9-10,12-14,16,20-21H,7-8,11H2,1-3H3. The number of carbonyl (C=O) groups is 2. The molecule has 3 atom stereocenters. The highest BCUT2D eigenvalue weighted by molar-refractivity contribution is 6.25. The number of Topliss-reactive ketones (excluding diaryl/α,β-unsaturated/α-hetero) is 1. The first-order valence-corrected chi connectivity index (χ1v) is 10.1. The van der Waals surface area contributed by atoms with Gasteiger partial charge >= 0.3 is 5.97 Å². The second-order valence-corrected chi connectivity index (χ2v) is 8.20. The summed E-state index contributed by atoms with van der Waals surface area (Å²) in [6, 6.07) is 15.1. The second-order valence-electron chi connectivity index (χ2n) is 8.20. The fourth-order valence-electron chi connectivity index (χ4n) is 4.67. The van der Waals surface area contributed by atoms with Crippen LogP contribution in [0.15, 0.2) is 54.3 Å². The number of rotatable bonds is 3. The van der Waals surface area contributed by atoms with E-state index < -0.39 is 0 Å². The number of esters is 1. The van der Waals surface area contributed by atoms with Crippen molar-refractivity contribution in [1.29, 1.82) is 0 Å². The molecule has 2 aromatic rings. The Morgan fingerprint density at radius 2 is 1.75 bits per heavy atom. The van der Waals surface area contributed by atoms with E-state index in [4.69, 9.17) is 4.74 Å². The van der Waals surface area contributed by atoms with E-state index in [-0.39, 0.29) is 23.6 Å². The van der Waals surface area contributed by atoms with Crippen LogP contribution in [0.1, 0.15) is 53.2 Å². The lowest BCUT2D eigenvalue weighted by Gasteiger charge is -2.31. The zero-order valence-electron chi connectivity index (χ0n) is 16.7. The molecule has 1 fully saturated rings. The number of ether oxygens (including phenoxy) is 1. The summed E-state index contributed by atoms with van der Waals surface area (Å²) in [4.78, 5) is 26.2. The van der Waals surface area contributed by atoms with Crippen LogP contribution in [0.4, 0.5) is 0 Å². The van der Waals surface area contributed by atoms with Gasteiger partial charge < -0.3 is 4.74 Å². The maximum Gasteiger partial charge on any atom is 0.343 e. The minimum Gasteiger partial charge on any atom is -0.426 e. The van der Waals surface area contributed by atoms with Crippen LogP contribution in [0.25, 0.3) is 5.57 Å². The topological polar surface area (TPSA) is 43.4 Å². The molecule has 0 aliphatic heterocycles. The van der Waals surface area contributed by atoms with E-state index in [0.29, 0.717) is 22.8 Å². The minimum absolute atomic E-state index is 0.000483. The highest BCUT2D eigenvalue weighted by Gasteiger charge is 2.48. The second kappa shape index (κ2) is 7.38. The van der Waals surface area contributed by atoms with Gasteiger partial charge in [0, 0.05) is 11.8 Å². The van der Waals surface area contributed by atoms with E-state index in [1.54, 1.807) is 12.1 Å². The molecule has 2 aliphatic rings. The number of aryl methyl sites for hydroxylation is 2. The number of allylic oxidation sites excluding steroid dienone is 2. The molecule has 0 aromatic heterocycles. The van der Waals surface area contributed by atoms with Crippen LogP contribution in [-0.4, -0.2) is 11.8 Å². The van der Waals surface area contributed by atoms with Gasteiger partial charge in [0.2, 0.25) is 0 Å². The summed E-state index contributed by atoms with van der Waals surface area (Å²) >= 11 is 0. The molecule has 0 heterocycles. The number of carbonyl (C=O) groups excluding carboxylic acids is 2. The molecule has 144 valence electrons. The van der Waals surface area contributed by atoms with Crippen LogP contribution in [0.2, 0.25) is 0 Å². The first-order chi connectivity index (χ1) is 13.5. The lowest BCUT2D eigenvalue weighted by Crippen LogP contribution is -2.29. The van der Waals surface area contributed by atoms with Crippen molar-refractivity contribution in [3.8, 4) is 0 Å². The molecule has 1 saturated carbocycles. The summed E-state index contributed by atoms with van der Waals surface area (Å²) in [6.45, 7) is 6.25. The van der Waals surface area contributed by atoms with Crippen LogP contribution in [0, 0.1) is 31.6 Å². The Hall–Kier alpha value is -2.68. The third-order valence-electron chi connectivity index (χ3n) is 6.36. The highest BCUT2D eigenvalue weighted by atomic mass is 16.5. The Bertz CT molecular complexity index is 955. The molecular weight excluding hydrogens is 348 g/mol. The van der Waals surface area contributed by atoms with Crippen molar-refractivity contribution in [2.75, 3.05) is 0 Å². The SMILES string of the molecule is Cc1ccc(C2=C(OC(=O)c3ccccc3)C3CCCC(C)C3C2=O)cc1C. The van der Waals surface area contributed by atoms with E-state index in [0.717, 1.165) is 30.4 Å². The number of fused-ring (bicyclic) bond motifs is 1. The van der Waals surface area contributed by atoms with Gasteiger partial charge in [-0.05, 0) is 61.4 Å². The molecule has 4 rings (SSSR count). The number of hydrogen-bond acceptors (Lipinski definition) is 3. The maximum absolute atomic E-state index is 13.4. The zero-order chi connectivity index (χ0) is 19.8. The van der Waals surface area contributed by atoms with Crippen molar-refractivity contribution in [2.45, 2.75) is 40.0 Å². The summed E-state index contributed by atoms with van der Waals surface area (Å²) in [5, 5.41) is 0. The van der Waals surface area contributed by atoms with Gasteiger partial charge in [-0.1, -0.05) is 49.7 Å². The molecule has 2 aromatic carbocycles. The summed E-state index contributed by atoms with van der Waals surface area (Å²) in [6.07, 6.45) is 3.00. The van der Waals surface area contributed by atoms with Crippen molar-refractivity contribution < 1.29 is 14.3 Å². The Morgan fingerprint density at radius 1 is 1.00 bits per heavy atom. The summed E-state index contributed by atoms with van der Waals surface area (Å²) in [7, 11) is 0. The first-order valence-electron chi connectivity index (χ1n) is 10.1. The molecule has 0 radical (unpaired) electrons. The fourth-order valence-corrected chi connectivity index (χ4v) is 4.67. The van der Waals surface area contributed by atoms with Crippen LogP contribution >= 0.6 is 0 Å². The van der Waals surface area contributed by atoms with Crippen LogP contribution in [0.5, 0.6) is 0 Å². The average Bonchev–Trinajstić information content (AvgIpc) is 2.97. The Labute approximate surface area is 166 Å². The Morgan fingerprint density at radius 3 is 2.46 bits per heavy atom. The third-order valence-corrected chi connectivity index (χ3v) is 6.36.